The fraction of sp³-hybridized carbons (Fsp3) is 0. The molecule has 0 saturated heterocycles. The summed E-state index contributed by atoms with van der Waals surface area (Å²) < 4.78 is 6.71. The van der Waals surface area contributed by atoms with Gasteiger partial charge in [-0.05, 0) is 79.9 Å². The Morgan fingerprint density at radius 2 is 0.797 bits per heavy atom. The maximum atomic E-state index is 7.38. The van der Waals surface area contributed by atoms with Crippen molar-refractivity contribution in [3.63, 3.8) is 0 Å². The molecule has 0 aliphatic heterocycles. The molecular weight excluding hydrogens is 721 g/mol. The summed E-state index contributed by atoms with van der Waals surface area (Å²) in [6.07, 6.45) is 0. The summed E-state index contributed by atoms with van der Waals surface area (Å²) in [6, 6.07) is 66.7. The zero-order chi connectivity index (χ0) is 39.3. The van der Waals surface area contributed by atoms with Crippen molar-refractivity contribution in [1.82, 2.24) is 15.0 Å². The Morgan fingerprint density at radius 1 is 0.339 bits per heavy atom. The molecule has 0 fully saturated rings. The van der Waals surface area contributed by atoms with Crippen LogP contribution in [0.4, 0.5) is 5.69 Å². The van der Waals surface area contributed by atoms with Gasteiger partial charge in [0.2, 0.25) is 0 Å². The van der Waals surface area contributed by atoms with Gasteiger partial charge in [-0.25, -0.2) is 19.8 Å². The number of nitrogens with zero attached hydrogens (tertiary/aromatic N) is 4. The van der Waals surface area contributed by atoms with E-state index in [1.165, 1.54) is 5.39 Å². The van der Waals surface area contributed by atoms with Gasteiger partial charge in [0.1, 0.15) is 11.2 Å². The number of rotatable bonds is 6. The van der Waals surface area contributed by atoms with Crippen LogP contribution < -0.4 is 0 Å². The molecule has 0 radical (unpaired) electrons. The summed E-state index contributed by atoms with van der Waals surface area (Å²) in [6.45, 7) is 7.38. The van der Waals surface area contributed by atoms with Crippen LogP contribution >= 0.6 is 0 Å². The molecule has 0 amide bonds. The molecule has 0 aliphatic rings. The van der Waals surface area contributed by atoms with E-state index in [1.54, 1.807) is 0 Å². The molecule has 2 heterocycles. The van der Waals surface area contributed by atoms with Crippen LogP contribution in [0.3, 0.4) is 0 Å². The first-order valence-electron chi connectivity index (χ1n) is 19.5. The lowest BCUT2D eigenvalue weighted by Gasteiger charge is -2.12. The molecule has 0 bridgehead atoms. The molecule has 0 saturated carbocycles. The second-order valence-corrected chi connectivity index (χ2v) is 14.7. The minimum absolute atomic E-state index is 0.623. The zero-order valence-electron chi connectivity index (χ0n) is 31.7. The first-order chi connectivity index (χ1) is 29.2. The highest BCUT2D eigenvalue weighted by atomic mass is 16.3. The average Bonchev–Trinajstić information content (AvgIpc) is 3.72. The lowest BCUT2D eigenvalue weighted by molar-refractivity contribution is 0.673. The maximum absolute atomic E-state index is 7.38. The van der Waals surface area contributed by atoms with Gasteiger partial charge in [-0.2, -0.15) is 0 Å². The van der Waals surface area contributed by atoms with E-state index in [9.17, 15) is 0 Å². The SMILES string of the molecule is [C-]#[N+]c1ccc(-c2ccc3c4ccc(-c5cccc(-c6cccc(-c7nc(-c8ccccc8)nc(-c8ccccc8)n7)c6)c5)cc4c4oc5ccccc5c4c3c2)cc1. The van der Waals surface area contributed by atoms with Crippen LogP contribution in [-0.2, 0) is 0 Å². The number of furan rings is 1. The van der Waals surface area contributed by atoms with Gasteiger partial charge in [0.25, 0.3) is 0 Å². The third kappa shape index (κ3) is 6.08. The molecule has 274 valence electrons. The topological polar surface area (TPSA) is 56.2 Å². The molecule has 9 aromatic carbocycles. The minimum Gasteiger partial charge on any atom is -0.455 e. The highest BCUT2D eigenvalue weighted by Gasteiger charge is 2.18. The third-order valence-electron chi connectivity index (χ3n) is 11.1. The van der Waals surface area contributed by atoms with Crippen molar-refractivity contribution < 1.29 is 4.42 Å². The Morgan fingerprint density at radius 3 is 1.42 bits per heavy atom. The molecule has 0 aliphatic carbocycles. The van der Waals surface area contributed by atoms with E-state index >= 15 is 0 Å². The van der Waals surface area contributed by atoms with Crippen LogP contribution in [0.1, 0.15) is 0 Å². The number of aromatic nitrogens is 3. The number of benzene rings is 9. The van der Waals surface area contributed by atoms with Crippen molar-refractivity contribution in [2.24, 2.45) is 0 Å². The van der Waals surface area contributed by atoms with Gasteiger partial charge < -0.3 is 4.42 Å². The number of fused-ring (bicyclic) bond motifs is 8. The van der Waals surface area contributed by atoms with E-state index < -0.39 is 0 Å². The van der Waals surface area contributed by atoms with Crippen molar-refractivity contribution in [2.45, 2.75) is 0 Å². The van der Waals surface area contributed by atoms with Gasteiger partial charge in [0.05, 0.1) is 6.57 Å². The molecule has 59 heavy (non-hydrogen) atoms. The average molecular weight is 753 g/mol. The molecule has 0 N–H and O–H groups in total. The predicted molar refractivity (Wildman–Crippen MR) is 241 cm³/mol. The van der Waals surface area contributed by atoms with Gasteiger partial charge in [-0.15, -0.1) is 0 Å². The van der Waals surface area contributed by atoms with Gasteiger partial charge in [-0.1, -0.05) is 164 Å². The smallest absolute Gasteiger partial charge is 0.187 e. The maximum Gasteiger partial charge on any atom is 0.187 e. The summed E-state index contributed by atoms with van der Waals surface area (Å²) in [5.74, 6) is 1.90. The van der Waals surface area contributed by atoms with Gasteiger partial charge in [0, 0.05) is 32.8 Å². The van der Waals surface area contributed by atoms with Gasteiger partial charge in [0.15, 0.2) is 23.2 Å². The van der Waals surface area contributed by atoms with Gasteiger partial charge in [-0.3, -0.25) is 0 Å². The van der Waals surface area contributed by atoms with Crippen LogP contribution in [0.15, 0.2) is 199 Å². The van der Waals surface area contributed by atoms with E-state index in [0.29, 0.717) is 23.2 Å². The predicted octanol–water partition coefficient (Wildman–Crippen LogP) is 14.6. The first-order valence-corrected chi connectivity index (χ1v) is 19.5. The number of hydrogen-bond acceptors (Lipinski definition) is 4. The lowest BCUT2D eigenvalue weighted by Crippen LogP contribution is -2.00. The fourth-order valence-corrected chi connectivity index (χ4v) is 8.20. The lowest BCUT2D eigenvalue weighted by atomic mass is 9.91. The summed E-state index contributed by atoms with van der Waals surface area (Å²) in [7, 11) is 0. The van der Waals surface area contributed by atoms with Crippen molar-refractivity contribution in [3.8, 4) is 67.5 Å². The highest BCUT2D eigenvalue weighted by molar-refractivity contribution is 6.30. The molecule has 11 aromatic rings. The third-order valence-corrected chi connectivity index (χ3v) is 11.1. The zero-order valence-corrected chi connectivity index (χ0v) is 31.7. The number of hydrogen-bond donors (Lipinski definition) is 0. The van der Waals surface area contributed by atoms with Crippen LogP contribution in [0.5, 0.6) is 0 Å². The second kappa shape index (κ2) is 14.1. The Hall–Kier alpha value is -8.20. The van der Waals surface area contributed by atoms with Crippen molar-refractivity contribution in [1.29, 1.82) is 0 Å². The van der Waals surface area contributed by atoms with E-state index in [0.717, 1.165) is 88.2 Å². The standard InChI is InChI=1S/C54H32N4O/c1-55-43-26-22-34(23-27-43)40-24-28-44-45-29-25-41(33-48(45)51-50(47(44)32-40)46-20-8-9-21-49(46)59-51)38-17-10-16-37(30-38)39-18-11-19-42(31-39)54-57-52(35-12-4-2-5-13-35)56-53(58-54)36-14-6-3-7-15-36/h2-33H. The molecule has 5 heteroatoms. The first kappa shape index (κ1) is 34.1. The molecule has 11 rings (SSSR count). The Kier molecular flexibility index (Phi) is 8.13. The fourth-order valence-electron chi connectivity index (χ4n) is 8.20. The quantitative estimate of drug-likeness (QED) is 0.125. The normalized spacial score (nSPS) is 11.4. The minimum atomic E-state index is 0.623. The Labute approximate surface area is 340 Å². The Balaban J connectivity index is 1.01. The van der Waals surface area contributed by atoms with Crippen LogP contribution in [0.2, 0.25) is 0 Å². The summed E-state index contributed by atoms with van der Waals surface area (Å²) >= 11 is 0. The van der Waals surface area contributed by atoms with Crippen molar-refractivity contribution in [3.05, 3.63) is 206 Å². The number of para-hydroxylation sites is 1. The van der Waals surface area contributed by atoms with Crippen LogP contribution in [0, 0.1) is 6.57 Å². The molecule has 0 unspecified atom stereocenters. The highest BCUT2D eigenvalue weighted by Crippen LogP contribution is 2.43. The van der Waals surface area contributed by atoms with E-state index in [4.69, 9.17) is 25.9 Å². The monoisotopic (exact) mass is 752 g/mol. The van der Waals surface area contributed by atoms with Crippen molar-refractivity contribution in [2.75, 3.05) is 0 Å². The summed E-state index contributed by atoms with van der Waals surface area (Å²) in [4.78, 5) is 18.4. The summed E-state index contributed by atoms with van der Waals surface area (Å²) in [5, 5.41) is 6.71. The molecule has 5 nitrogen and oxygen atoms in total. The van der Waals surface area contributed by atoms with Crippen LogP contribution in [-0.4, -0.2) is 15.0 Å². The van der Waals surface area contributed by atoms with E-state index in [2.05, 4.69) is 102 Å². The van der Waals surface area contributed by atoms with E-state index in [1.807, 2.05) is 97.1 Å². The van der Waals surface area contributed by atoms with Crippen LogP contribution in [0.25, 0.3) is 116 Å². The summed E-state index contributed by atoms with van der Waals surface area (Å²) in [5.41, 5.74) is 11.7. The largest absolute Gasteiger partial charge is 0.455 e. The Bertz CT molecular complexity index is 3380. The van der Waals surface area contributed by atoms with Crippen molar-refractivity contribution >= 4 is 49.2 Å². The molecule has 0 spiro atoms. The van der Waals surface area contributed by atoms with E-state index in [-0.39, 0.29) is 0 Å². The molecule has 0 atom stereocenters. The van der Waals surface area contributed by atoms with Gasteiger partial charge >= 0.3 is 0 Å². The molecule has 2 aromatic heterocycles. The molecular formula is C54H32N4O. The second-order valence-electron chi connectivity index (χ2n) is 14.7.